The average Bonchev–Trinajstić information content (AvgIpc) is 3.01. The standard InChI is InChI=1S/C18H22FN3O2S/c1-18(2,3)22-17(24)21-15(23)11-20-16(14-5-4-10-25-14)12-6-8-13(19)9-7-12/h4-10,16,20H,11H2,1-3H3,(H2,21,22,23,24). The van der Waals surface area contributed by atoms with E-state index >= 15 is 0 Å². The Morgan fingerprint density at radius 3 is 2.40 bits per heavy atom. The van der Waals surface area contributed by atoms with Crippen LogP contribution in [0, 0.1) is 5.82 Å². The molecule has 1 aromatic carbocycles. The summed E-state index contributed by atoms with van der Waals surface area (Å²) in [6, 6.07) is 9.19. The average molecular weight is 363 g/mol. The second-order valence-electron chi connectivity index (χ2n) is 6.63. The molecule has 3 N–H and O–H groups in total. The van der Waals surface area contributed by atoms with E-state index in [9.17, 15) is 14.0 Å². The smallest absolute Gasteiger partial charge is 0.321 e. The fraction of sp³-hybridized carbons (Fsp3) is 0.333. The van der Waals surface area contributed by atoms with E-state index in [-0.39, 0.29) is 18.4 Å². The van der Waals surface area contributed by atoms with Gasteiger partial charge in [0.25, 0.3) is 0 Å². The zero-order valence-corrected chi connectivity index (χ0v) is 15.2. The number of carbonyl (C=O) groups is 2. The maximum Gasteiger partial charge on any atom is 0.321 e. The first-order chi connectivity index (χ1) is 11.7. The van der Waals surface area contributed by atoms with Crippen LogP contribution in [-0.2, 0) is 4.79 Å². The van der Waals surface area contributed by atoms with Gasteiger partial charge in [0.1, 0.15) is 5.82 Å². The number of hydrogen-bond donors (Lipinski definition) is 3. The Morgan fingerprint density at radius 2 is 1.84 bits per heavy atom. The van der Waals surface area contributed by atoms with Gasteiger partial charge in [0, 0.05) is 10.4 Å². The molecule has 0 aliphatic carbocycles. The van der Waals surface area contributed by atoms with E-state index < -0.39 is 17.5 Å². The Morgan fingerprint density at radius 1 is 1.16 bits per heavy atom. The van der Waals surface area contributed by atoms with Crippen molar-refractivity contribution in [3.63, 3.8) is 0 Å². The van der Waals surface area contributed by atoms with Crippen LogP contribution in [0.5, 0.6) is 0 Å². The minimum Gasteiger partial charge on any atom is -0.333 e. The SMILES string of the molecule is CC(C)(C)NC(=O)NC(=O)CNC(c1ccc(F)cc1)c1cccs1. The number of urea groups is 1. The lowest BCUT2D eigenvalue weighted by molar-refractivity contribution is -0.119. The summed E-state index contributed by atoms with van der Waals surface area (Å²) in [7, 11) is 0. The normalized spacial score (nSPS) is 12.5. The van der Waals surface area contributed by atoms with Crippen molar-refractivity contribution < 1.29 is 14.0 Å². The number of imide groups is 1. The number of carbonyl (C=O) groups excluding carboxylic acids is 2. The van der Waals surface area contributed by atoms with Crippen LogP contribution in [0.25, 0.3) is 0 Å². The van der Waals surface area contributed by atoms with Gasteiger partial charge in [-0.15, -0.1) is 11.3 Å². The highest BCUT2D eigenvalue weighted by Crippen LogP contribution is 2.26. The summed E-state index contributed by atoms with van der Waals surface area (Å²) >= 11 is 1.54. The predicted molar refractivity (Wildman–Crippen MR) is 97.0 cm³/mol. The fourth-order valence-electron chi connectivity index (χ4n) is 2.23. The molecule has 0 aliphatic rings. The number of amides is 3. The number of thiophene rings is 1. The van der Waals surface area contributed by atoms with Gasteiger partial charge < -0.3 is 5.32 Å². The molecule has 0 saturated carbocycles. The van der Waals surface area contributed by atoms with Crippen LogP contribution in [0.1, 0.15) is 37.3 Å². The third-order valence-electron chi connectivity index (χ3n) is 3.24. The highest BCUT2D eigenvalue weighted by atomic mass is 32.1. The Hall–Kier alpha value is -2.25. The van der Waals surface area contributed by atoms with Crippen LogP contribution < -0.4 is 16.0 Å². The van der Waals surface area contributed by atoms with Crippen molar-refractivity contribution in [3.8, 4) is 0 Å². The third kappa shape index (κ3) is 6.28. The van der Waals surface area contributed by atoms with Crippen molar-refractivity contribution in [2.45, 2.75) is 32.4 Å². The van der Waals surface area contributed by atoms with Crippen LogP contribution in [0.15, 0.2) is 41.8 Å². The van der Waals surface area contributed by atoms with Gasteiger partial charge in [-0.3, -0.25) is 15.4 Å². The van der Waals surface area contributed by atoms with Crippen molar-refractivity contribution in [1.82, 2.24) is 16.0 Å². The molecule has 0 spiro atoms. The first-order valence-corrected chi connectivity index (χ1v) is 8.77. The molecular weight excluding hydrogens is 341 g/mol. The molecule has 0 fully saturated rings. The zero-order valence-electron chi connectivity index (χ0n) is 14.4. The van der Waals surface area contributed by atoms with E-state index in [4.69, 9.17) is 0 Å². The summed E-state index contributed by atoms with van der Waals surface area (Å²) in [6.45, 7) is 5.45. The lowest BCUT2D eigenvalue weighted by Gasteiger charge is -2.21. The molecule has 25 heavy (non-hydrogen) atoms. The van der Waals surface area contributed by atoms with Gasteiger partial charge in [-0.2, -0.15) is 0 Å². The summed E-state index contributed by atoms with van der Waals surface area (Å²) in [5.74, 6) is -0.754. The Bertz CT molecular complexity index is 709. The molecule has 7 heteroatoms. The van der Waals surface area contributed by atoms with Gasteiger partial charge in [-0.05, 0) is 49.9 Å². The van der Waals surface area contributed by atoms with Crippen LogP contribution in [-0.4, -0.2) is 24.0 Å². The lowest BCUT2D eigenvalue weighted by Crippen LogP contribution is -2.50. The Kier molecular flexibility index (Phi) is 6.27. The molecule has 5 nitrogen and oxygen atoms in total. The minimum absolute atomic E-state index is 0.0441. The second kappa shape index (κ2) is 8.22. The molecule has 1 unspecified atom stereocenters. The Balaban J connectivity index is 2.00. The van der Waals surface area contributed by atoms with Gasteiger partial charge in [-0.1, -0.05) is 18.2 Å². The molecule has 0 bridgehead atoms. The van der Waals surface area contributed by atoms with Gasteiger partial charge in [0.15, 0.2) is 0 Å². The molecule has 0 aliphatic heterocycles. The number of hydrogen-bond acceptors (Lipinski definition) is 4. The topological polar surface area (TPSA) is 70.2 Å². The number of halogens is 1. The molecule has 2 rings (SSSR count). The van der Waals surface area contributed by atoms with Crippen LogP contribution in [0.3, 0.4) is 0 Å². The first-order valence-electron chi connectivity index (χ1n) is 7.89. The van der Waals surface area contributed by atoms with Crippen LogP contribution >= 0.6 is 11.3 Å². The van der Waals surface area contributed by atoms with Crippen molar-refractivity contribution in [2.75, 3.05) is 6.54 Å². The highest BCUT2D eigenvalue weighted by molar-refractivity contribution is 7.10. The maximum atomic E-state index is 13.2. The van der Waals surface area contributed by atoms with E-state index in [0.717, 1.165) is 10.4 Å². The van der Waals surface area contributed by atoms with Gasteiger partial charge in [0.2, 0.25) is 5.91 Å². The van der Waals surface area contributed by atoms with E-state index in [1.165, 1.54) is 23.5 Å². The van der Waals surface area contributed by atoms with Gasteiger partial charge in [0.05, 0.1) is 12.6 Å². The molecule has 134 valence electrons. The molecule has 0 saturated heterocycles. The van der Waals surface area contributed by atoms with Crippen molar-refractivity contribution in [3.05, 3.63) is 58.0 Å². The predicted octanol–water partition coefficient (Wildman–Crippen LogP) is 3.19. The third-order valence-corrected chi connectivity index (χ3v) is 4.18. The minimum atomic E-state index is -0.534. The quantitative estimate of drug-likeness (QED) is 0.764. The molecule has 0 radical (unpaired) electrons. The highest BCUT2D eigenvalue weighted by Gasteiger charge is 2.19. The summed E-state index contributed by atoms with van der Waals surface area (Å²) in [4.78, 5) is 24.7. The zero-order chi connectivity index (χ0) is 18.4. The van der Waals surface area contributed by atoms with Gasteiger partial charge in [-0.25, -0.2) is 9.18 Å². The monoisotopic (exact) mass is 363 g/mol. The van der Waals surface area contributed by atoms with E-state index in [2.05, 4.69) is 16.0 Å². The van der Waals surface area contributed by atoms with E-state index in [0.29, 0.717) is 0 Å². The van der Waals surface area contributed by atoms with Crippen molar-refractivity contribution in [2.24, 2.45) is 0 Å². The Labute approximate surface area is 150 Å². The molecule has 2 aromatic rings. The lowest BCUT2D eigenvalue weighted by atomic mass is 10.1. The molecular formula is C18H22FN3O2S. The number of nitrogens with one attached hydrogen (secondary N) is 3. The number of rotatable bonds is 5. The van der Waals surface area contributed by atoms with Gasteiger partial charge >= 0.3 is 6.03 Å². The molecule has 1 atom stereocenters. The summed E-state index contributed by atoms with van der Waals surface area (Å²) in [5.41, 5.74) is 0.418. The summed E-state index contributed by atoms with van der Waals surface area (Å²) < 4.78 is 13.2. The summed E-state index contributed by atoms with van der Waals surface area (Å²) in [6.07, 6.45) is 0. The van der Waals surface area contributed by atoms with Crippen molar-refractivity contribution in [1.29, 1.82) is 0 Å². The second-order valence-corrected chi connectivity index (χ2v) is 7.61. The maximum absolute atomic E-state index is 13.2. The summed E-state index contributed by atoms with van der Waals surface area (Å²) in [5, 5.41) is 10.0. The van der Waals surface area contributed by atoms with E-state index in [1.807, 2.05) is 38.3 Å². The van der Waals surface area contributed by atoms with E-state index in [1.54, 1.807) is 12.1 Å². The first kappa shape index (κ1) is 19.1. The van der Waals surface area contributed by atoms with Crippen molar-refractivity contribution >= 4 is 23.3 Å². The van der Waals surface area contributed by atoms with Crippen LogP contribution in [0.4, 0.5) is 9.18 Å². The van der Waals surface area contributed by atoms with Crippen LogP contribution in [0.2, 0.25) is 0 Å². The largest absolute Gasteiger partial charge is 0.333 e. The molecule has 1 heterocycles. The number of benzene rings is 1. The fourth-order valence-corrected chi connectivity index (χ4v) is 3.06. The molecule has 1 aromatic heterocycles. The molecule has 3 amide bonds.